The zero-order chi connectivity index (χ0) is 22.3. The SMILES string of the molecule is COc1cccc(Cn2ncc3ccc(C(=O)NCC[C@@H](C)N4CCCCCC4)cc32)c1. The lowest BCUT2D eigenvalue weighted by molar-refractivity contribution is 0.0948. The molecule has 0 saturated carbocycles. The second-order valence-corrected chi connectivity index (χ2v) is 8.77. The zero-order valence-corrected chi connectivity index (χ0v) is 19.2. The molecule has 1 atom stereocenters. The fourth-order valence-corrected chi connectivity index (χ4v) is 4.50. The van der Waals surface area contributed by atoms with Gasteiger partial charge in [0.05, 0.1) is 25.4 Å². The Balaban J connectivity index is 1.38. The number of ether oxygens (including phenoxy) is 1. The number of hydrogen-bond acceptors (Lipinski definition) is 4. The Labute approximate surface area is 190 Å². The van der Waals surface area contributed by atoms with Crippen LogP contribution in [0.2, 0.25) is 0 Å². The van der Waals surface area contributed by atoms with Crippen LogP contribution in [-0.4, -0.2) is 53.4 Å². The highest BCUT2D eigenvalue weighted by Crippen LogP contribution is 2.19. The summed E-state index contributed by atoms with van der Waals surface area (Å²) in [7, 11) is 1.67. The molecule has 6 heteroatoms. The van der Waals surface area contributed by atoms with Crippen LogP contribution in [0.25, 0.3) is 10.9 Å². The van der Waals surface area contributed by atoms with Crippen molar-refractivity contribution in [3.63, 3.8) is 0 Å². The second kappa shape index (κ2) is 10.6. The maximum atomic E-state index is 12.8. The number of nitrogens with zero attached hydrogens (tertiary/aromatic N) is 3. The topological polar surface area (TPSA) is 59.4 Å². The third kappa shape index (κ3) is 5.49. The van der Waals surface area contributed by atoms with Crippen LogP contribution in [-0.2, 0) is 6.54 Å². The van der Waals surface area contributed by atoms with Gasteiger partial charge in [-0.15, -0.1) is 0 Å². The highest BCUT2D eigenvalue weighted by Gasteiger charge is 2.16. The van der Waals surface area contributed by atoms with Gasteiger partial charge in [-0.05, 0) is 69.1 Å². The van der Waals surface area contributed by atoms with Gasteiger partial charge in [-0.2, -0.15) is 5.10 Å². The van der Waals surface area contributed by atoms with Crippen molar-refractivity contribution in [3.05, 3.63) is 59.8 Å². The molecule has 0 bridgehead atoms. The van der Waals surface area contributed by atoms with Crippen LogP contribution in [0, 0.1) is 0 Å². The summed E-state index contributed by atoms with van der Waals surface area (Å²) in [5, 5.41) is 8.67. The summed E-state index contributed by atoms with van der Waals surface area (Å²) in [5.74, 6) is 0.803. The van der Waals surface area contributed by atoms with Gasteiger partial charge in [0.1, 0.15) is 5.75 Å². The molecule has 2 heterocycles. The number of benzene rings is 2. The molecule has 1 aliphatic rings. The van der Waals surface area contributed by atoms with Crippen molar-refractivity contribution in [2.45, 2.75) is 51.6 Å². The monoisotopic (exact) mass is 434 g/mol. The quantitative estimate of drug-likeness (QED) is 0.568. The number of rotatable bonds is 8. The molecule has 1 aliphatic heterocycles. The van der Waals surface area contributed by atoms with Crippen molar-refractivity contribution in [1.82, 2.24) is 20.0 Å². The zero-order valence-electron chi connectivity index (χ0n) is 19.2. The first-order chi connectivity index (χ1) is 15.6. The third-order valence-electron chi connectivity index (χ3n) is 6.49. The molecule has 32 heavy (non-hydrogen) atoms. The Morgan fingerprint density at radius 2 is 1.94 bits per heavy atom. The highest BCUT2D eigenvalue weighted by atomic mass is 16.5. The van der Waals surface area contributed by atoms with E-state index < -0.39 is 0 Å². The predicted octanol–water partition coefficient (Wildman–Crippen LogP) is 4.48. The van der Waals surface area contributed by atoms with Crippen molar-refractivity contribution in [2.75, 3.05) is 26.7 Å². The molecule has 0 unspecified atom stereocenters. The van der Waals surface area contributed by atoms with Gasteiger partial charge in [-0.3, -0.25) is 9.48 Å². The third-order valence-corrected chi connectivity index (χ3v) is 6.49. The van der Waals surface area contributed by atoms with E-state index in [4.69, 9.17) is 4.74 Å². The van der Waals surface area contributed by atoms with Crippen LogP contribution in [0.15, 0.2) is 48.7 Å². The molecular weight excluding hydrogens is 400 g/mol. The minimum atomic E-state index is -0.0240. The summed E-state index contributed by atoms with van der Waals surface area (Å²) < 4.78 is 7.26. The van der Waals surface area contributed by atoms with Gasteiger partial charge in [0, 0.05) is 23.5 Å². The first-order valence-electron chi connectivity index (χ1n) is 11.7. The normalized spacial score (nSPS) is 15.9. The second-order valence-electron chi connectivity index (χ2n) is 8.77. The van der Waals surface area contributed by atoms with Crippen molar-refractivity contribution in [3.8, 4) is 5.75 Å². The molecule has 0 radical (unpaired) electrons. The molecule has 6 nitrogen and oxygen atoms in total. The van der Waals surface area contributed by atoms with Crippen molar-refractivity contribution >= 4 is 16.8 Å². The molecule has 1 fully saturated rings. The molecule has 170 valence electrons. The number of carbonyl (C=O) groups is 1. The minimum absolute atomic E-state index is 0.0240. The lowest BCUT2D eigenvalue weighted by Gasteiger charge is -2.27. The lowest BCUT2D eigenvalue weighted by atomic mass is 10.1. The minimum Gasteiger partial charge on any atom is -0.497 e. The number of nitrogens with one attached hydrogen (secondary N) is 1. The van der Waals surface area contributed by atoms with Gasteiger partial charge in [0.2, 0.25) is 0 Å². The Bertz CT molecular complexity index is 1040. The highest BCUT2D eigenvalue weighted by molar-refractivity contribution is 5.97. The first kappa shape index (κ1) is 22.3. The van der Waals surface area contributed by atoms with E-state index in [-0.39, 0.29) is 5.91 Å². The summed E-state index contributed by atoms with van der Waals surface area (Å²) in [5.41, 5.74) is 2.73. The van der Waals surface area contributed by atoms with E-state index in [9.17, 15) is 4.79 Å². The van der Waals surface area contributed by atoms with Gasteiger partial charge >= 0.3 is 0 Å². The van der Waals surface area contributed by atoms with Crippen LogP contribution in [0.5, 0.6) is 5.75 Å². The summed E-state index contributed by atoms with van der Waals surface area (Å²) >= 11 is 0. The smallest absolute Gasteiger partial charge is 0.251 e. The van der Waals surface area contributed by atoms with E-state index in [1.807, 2.05) is 47.3 Å². The average molecular weight is 435 g/mol. The number of methoxy groups -OCH3 is 1. The van der Waals surface area contributed by atoms with Crippen LogP contribution in [0.3, 0.4) is 0 Å². The van der Waals surface area contributed by atoms with Crippen molar-refractivity contribution in [1.29, 1.82) is 0 Å². The van der Waals surface area contributed by atoms with Gasteiger partial charge in [-0.25, -0.2) is 0 Å². The first-order valence-corrected chi connectivity index (χ1v) is 11.7. The lowest BCUT2D eigenvalue weighted by Crippen LogP contribution is -2.37. The van der Waals surface area contributed by atoms with E-state index in [0.717, 1.165) is 28.6 Å². The number of carbonyl (C=O) groups excluding carboxylic acids is 1. The molecule has 1 aromatic heterocycles. The van der Waals surface area contributed by atoms with Crippen LogP contribution >= 0.6 is 0 Å². The van der Waals surface area contributed by atoms with Gasteiger partial charge in [0.15, 0.2) is 0 Å². The molecule has 3 aromatic rings. The van der Waals surface area contributed by atoms with Gasteiger partial charge in [0.25, 0.3) is 5.91 Å². The summed E-state index contributed by atoms with van der Waals surface area (Å²) in [6.07, 6.45) is 8.09. The molecule has 1 saturated heterocycles. The molecule has 0 spiro atoms. The number of aromatic nitrogens is 2. The van der Waals surface area contributed by atoms with Crippen LogP contribution in [0.1, 0.15) is 54.9 Å². The number of amides is 1. The summed E-state index contributed by atoms with van der Waals surface area (Å²) in [6, 6.07) is 14.3. The van der Waals surface area contributed by atoms with E-state index in [0.29, 0.717) is 24.7 Å². The molecule has 4 rings (SSSR count). The van der Waals surface area contributed by atoms with Gasteiger partial charge in [-0.1, -0.05) is 31.0 Å². The standard InChI is InChI=1S/C26H34N4O2/c1-20(29-14-5-3-4-6-15-29)12-13-27-26(31)22-10-11-23-18-28-30(25(23)17-22)19-21-8-7-9-24(16-21)32-2/h7-11,16-18,20H,3-6,12-15,19H2,1-2H3,(H,27,31)/t20-/m1/s1. The summed E-state index contributed by atoms with van der Waals surface area (Å²) in [4.78, 5) is 15.4. The van der Waals surface area contributed by atoms with Crippen molar-refractivity contribution in [2.24, 2.45) is 0 Å². The number of fused-ring (bicyclic) bond motifs is 1. The average Bonchev–Trinajstić information content (AvgIpc) is 3.02. The van der Waals surface area contributed by atoms with Gasteiger partial charge < -0.3 is 15.0 Å². The molecule has 0 aliphatic carbocycles. The fourth-order valence-electron chi connectivity index (χ4n) is 4.50. The maximum Gasteiger partial charge on any atom is 0.251 e. The van der Waals surface area contributed by atoms with Crippen LogP contribution < -0.4 is 10.1 Å². The maximum absolute atomic E-state index is 12.8. The molecule has 2 aromatic carbocycles. The fraction of sp³-hybridized carbons (Fsp3) is 0.462. The Hall–Kier alpha value is -2.86. The van der Waals surface area contributed by atoms with E-state index >= 15 is 0 Å². The van der Waals surface area contributed by atoms with E-state index in [1.54, 1.807) is 7.11 Å². The summed E-state index contributed by atoms with van der Waals surface area (Å²) in [6.45, 7) is 5.96. The Morgan fingerprint density at radius 3 is 2.72 bits per heavy atom. The van der Waals surface area contributed by atoms with Crippen molar-refractivity contribution < 1.29 is 9.53 Å². The largest absolute Gasteiger partial charge is 0.497 e. The van der Waals surface area contributed by atoms with Crippen LogP contribution in [0.4, 0.5) is 0 Å². The Morgan fingerprint density at radius 1 is 1.12 bits per heavy atom. The Kier molecular flexibility index (Phi) is 7.43. The predicted molar refractivity (Wildman–Crippen MR) is 128 cm³/mol. The van der Waals surface area contributed by atoms with E-state index in [2.05, 4.69) is 28.3 Å². The number of likely N-dealkylation sites (tertiary alicyclic amines) is 1. The van der Waals surface area contributed by atoms with E-state index in [1.165, 1.54) is 38.8 Å². The molecule has 1 N–H and O–H groups in total. The molecular formula is C26H34N4O2. The number of hydrogen-bond donors (Lipinski definition) is 1. The molecule has 1 amide bonds.